The summed E-state index contributed by atoms with van der Waals surface area (Å²) in [5, 5.41) is 9.26. The van der Waals surface area contributed by atoms with Crippen LogP contribution in [0.4, 0.5) is 5.69 Å². The Morgan fingerprint density at radius 3 is 2.70 bits per heavy atom. The Bertz CT molecular complexity index is 784. The van der Waals surface area contributed by atoms with Crippen molar-refractivity contribution < 1.29 is 0 Å². The maximum absolute atomic E-state index is 9.16. The van der Waals surface area contributed by atoms with Crippen LogP contribution in [0.5, 0.6) is 0 Å². The van der Waals surface area contributed by atoms with E-state index in [0.717, 1.165) is 11.3 Å². The van der Waals surface area contributed by atoms with Crippen LogP contribution in [0.3, 0.4) is 0 Å². The molecule has 23 heavy (non-hydrogen) atoms. The van der Waals surface area contributed by atoms with Crippen LogP contribution in [-0.4, -0.2) is 11.9 Å². The molecule has 1 aliphatic heterocycles. The third kappa shape index (κ3) is 3.40. The highest BCUT2D eigenvalue weighted by molar-refractivity contribution is 8.00. The molecule has 0 spiro atoms. The first-order chi connectivity index (χ1) is 11.0. The molecule has 0 radical (unpaired) electrons. The third-order valence-electron chi connectivity index (χ3n) is 3.50. The highest BCUT2D eigenvalue weighted by Gasteiger charge is 2.30. The largest absolute Gasteiger partial charge is 0.315 e. The molecule has 2 aromatic carbocycles. The fourth-order valence-corrected chi connectivity index (χ4v) is 3.68. The molecule has 0 amide bonds. The van der Waals surface area contributed by atoms with Gasteiger partial charge in [0.15, 0.2) is 0 Å². The van der Waals surface area contributed by atoms with E-state index >= 15 is 0 Å². The van der Waals surface area contributed by atoms with Gasteiger partial charge in [0.1, 0.15) is 5.37 Å². The van der Waals surface area contributed by atoms with Crippen molar-refractivity contribution >= 4 is 23.8 Å². The van der Waals surface area contributed by atoms with Gasteiger partial charge in [0, 0.05) is 4.90 Å². The van der Waals surface area contributed by atoms with Crippen molar-refractivity contribution in [2.75, 3.05) is 4.90 Å². The van der Waals surface area contributed by atoms with Gasteiger partial charge in [-0.2, -0.15) is 5.26 Å². The highest BCUT2D eigenvalue weighted by Crippen LogP contribution is 2.50. The van der Waals surface area contributed by atoms with Crippen molar-refractivity contribution in [3.8, 4) is 6.07 Å². The van der Waals surface area contributed by atoms with E-state index in [1.54, 1.807) is 11.8 Å². The van der Waals surface area contributed by atoms with Crippen LogP contribution >= 0.6 is 11.8 Å². The Morgan fingerprint density at radius 2 is 1.96 bits per heavy atom. The summed E-state index contributed by atoms with van der Waals surface area (Å²) >= 11 is 1.79. The SMILES string of the molecule is CC(C)(C)N=CN1c2ccccc2SC1c1cccc(C#N)c1. The first-order valence-electron chi connectivity index (χ1n) is 7.57. The number of fused-ring (bicyclic) bond motifs is 1. The number of benzene rings is 2. The van der Waals surface area contributed by atoms with Gasteiger partial charge in [-0.05, 0) is 50.6 Å². The summed E-state index contributed by atoms with van der Waals surface area (Å²) < 4.78 is 0. The van der Waals surface area contributed by atoms with E-state index in [4.69, 9.17) is 5.26 Å². The molecule has 0 aliphatic carbocycles. The molecule has 2 aromatic rings. The smallest absolute Gasteiger partial charge is 0.111 e. The molecule has 1 unspecified atom stereocenters. The molecule has 3 nitrogen and oxygen atoms in total. The molecule has 0 saturated heterocycles. The number of thioether (sulfide) groups is 1. The second-order valence-electron chi connectivity index (χ2n) is 6.50. The van der Waals surface area contributed by atoms with E-state index in [0.29, 0.717) is 5.56 Å². The predicted octanol–water partition coefficient (Wildman–Crippen LogP) is 5.00. The van der Waals surface area contributed by atoms with Crippen molar-refractivity contribution in [1.82, 2.24) is 0 Å². The molecule has 116 valence electrons. The summed E-state index contributed by atoms with van der Waals surface area (Å²) in [6.45, 7) is 6.26. The summed E-state index contributed by atoms with van der Waals surface area (Å²) in [6.07, 6.45) is 1.93. The fraction of sp³-hybridized carbons (Fsp3) is 0.263. The molecule has 1 heterocycles. The molecule has 1 aliphatic rings. The van der Waals surface area contributed by atoms with Gasteiger partial charge in [-0.15, -0.1) is 0 Å². The summed E-state index contributed by atoms with van der Waals surface area (Å²) in [5.74, 6) is 0. The lowest BCUT2D eigenvalue weighted by atomic mass is 10.1. The lowest BCUT2D eigenvalue weighted by Crippen LogP contribution is -2.24. The normalized spacial score (nSPS) is 17.3. The number of hydrogen-bond acceptors (Lipinski definition) is 3. The van der Waals surface area contributed by atoms with Crippen LogP contribution < -0.4 is 4.90 Å². The van der Waals surface area contributed by atoms with E-state index in [1.165, 1.54) is 4.90 Å². The zero-order valence-electron chi connectivity index (χ0n) is 13.5. The maximum Gasteiger partial charge on any atom is 0.111 e. The molecule has 0 fully saturated rings. The lowest BCUT2D eigenvalue weighted by molar-refractivity contribution is 0.584. The molecule has 4 heteroatoms. The average Bonchev–Trinajstić information content (AvgIpc) is 2.91. The van der Waals surface area contributed by atoms with E-state index in [2.05, 4.69) is 61.0 Å². The van der Waals surface area contributed by atoms with Crippen molar-refractivity contribution in [3.05, 3.63) is 59.7 Å². The molecule has 0 aromatic heterocycles. The van der Waals surface area contributed by atoms with Crippen molar-refractivity contribution in [3.63, 3.8) is 0 Å². The number of anilines is 1. The molecule has 0 bridgehead atoms. The van der Waals surface area contributed by atoms with Crippen molar-refractivity contribution in [1.29, 1.82) is 5.26 Å². The average molecular weight is 321 g/mol. The van der Waals surface area contributed by atoms with Gasteiger partial charge in [-0.3, -0.25) is 4.99 Å². The number of para-hydroxylation sites is 1. The number of rotatable bonds is 2. The number of aliphatic imine (C=N–C) groups is 1. The zero-order chi connectivity index (χ0) is 16.4. The Balaban J connectivity index is 2.02. The van der Waals surface area contributed by atoms with Crippen molar-refractivity contribution in [2.45, 2.75) is 36.6 Å². The van der Waals surface area contributed by atoms with Crippen LogP contribution in [0.2, 0.25) is 0 Å². The molecule has 1 atom stereocenters. The van der Waals surface area contributed by atoms with Gasteiger partial charge in [0.25, 0.3) is 0 Å². The molecule has 0 N–H and O–H groups in total. The van der Waals surface area contributed by atoms with Crippen LogP contribution in [-0.2, 0) is 0 Å². The number of hydrogen-bond donors (Lipinski definition) is 0. The van der Waals surface area contributed by atoms with Gasteiger partial charge in [-0.1, -0.05) is 36.0 Å². The minimum atomic E-state index is -0.124. The topological polar surface area (TPSA) is 39.4 Å². The Hall–Kier alpha value is -2.25. The van der Waals surface area contributed by atoms with Gasteiger partial charge < -0.3 is 4.90 Å². The molecule has 3 rings (SSSR count). The Labute approximate surface area is 141 Å². The summed E-state index contributed by atoms with van der Waals surface area (Å²) in [7, 11) is 0. The zero-order valence-corrected chi connectivity index (χ0v) is 14.3. The van der Waals surface area contributed by atoms with Crippen LogP contribution in [0.1, 0.15) is 37.3 Å². The number of nitrogens with zero attached hydrogens (tertiary/aromatic N) is 3. The fourth-order valence-electron chi connectivity index (χ4n) is 2.42. The summed E-state index contributed by atoms with van der Waals surface area (Å²) in [5.41, 5.74) is 2.84. The van der Waals surface area contributed by atoms with E-state index in [9.17, 15) is 0 Å². The highest BCUT2D eigenvalue weighted by atomic mass is 32.2. The minimum absolute atomic E-state index is 0.104. The van der Waals surface area contributed by atoms with Gasteiger partial charge in [-0.25, -0.2) is 0 Å². The molecule has 0 saturated carbocycles. The van der Waals surface area contributed by atoms with Gasteiger partial charge in [0.05, 0.1) is 29.2 Å². The van der Waals surface area contributed by atoms with Crippen LogP contribution in [0, 0.1) is 11.3 Å². The van der Waals surface area contributed by atoms with Gasteiger partial charge >= 0.3 is 0 Å². The van der Waals surface area contributed by atoms with E-state index < -0.39 is 0 Å². The van der Waals surface area contributed by atoms with E-state index in [1.807, 2.05) is 30.6 Å². The first kappa shape index (κ1) is 15.6. The first-order valence-corrected chi connectivity index (χ1v) is 8.45. The quantitative estimate of drug-likeness (QED) is 0.577. The van der Waals surface area contributed by atoms with E-state index in [-0.39, 0.29) is 10.9 Å². The second-order valence-corrected chi connectivity index (χ2v) is 7.62. The summed E-state index contributed by atoms with van der Waals surface area (Å²) in [6, 6.07) is 18.4. The maximum atomic E-state index is 9.16. The van der Waals surface area contributed by atoms with Crippen molar-refractivity contribution in [2.24, 2.45) is 4.99 Å². The molecular formula is C19H19N3S. The second kappa shape index (κ2) is 6.10. The lowest BCUT2D eigenvalue weighted by Gasteiger charge is -2.24. The van der Waals surface area contributed by atoms with Gasteiger partial charge in [0.2, 0.25) is 0 Å². The Kier molecular flexibility index (Phi) is 4.14. The molecular weight excluding hydrogens is 302 g/mol. The monoisotopic (exact) mass is 321 g/mol. The minimum Gasteiger partial charge on any atom is -0.315 e. The standard InChI is InChI=1S/C19H19N3S/c1-19(2,3)21-13-22-16-9-4-5-10-17(16)23-18(22)15-8-6-7-14(11-15)12-20/h4-11,13,18H,1-3H3. The van der Waals surface area contributed by atoms with Crippen LogP contribution in [0.25, 0.3) is 0 Å². The Morgan fingerprint density at radius 1 is 1.17 bits per heavy atom. The summed E-state index contributed by atoms with van der Waals surface area (Å²) in [4.78, 5) is 8.11. The van der Waals surface area contributed by atoms with Crippen LogP contribution in [0.15, 0.2) is 58.4 Å². The predicted molar refractivity (Wildman–Crippen MR) is 96.9 cm³/mol. The third-order valence-corrected chi connectivity index (χ3v) is 4.83. The number of nitriles is 1.